The third-order valence-electron chi connectivity index (χ3n) is 3.21. The van der Waals surface area contributed by atoms with Crippen molar-refractivity contribution in [1.29, 1.82) is 0 Å². The summed E-state index contributed by atoms with van der Waals surface area (Å²) >= 11 is 1.55. The van der Waals surface area contributed by atoms with Gasteiger partial charge in [0.25, 0.3) is 0 Å². The minimum Gasteiger partial charge on any atom is -0.393 e. The number of hydrogen-bond acceptors (Lipinski definition) is 3. The first kappa shape index (κ1) is 13.4. The molecule has 1 saturated carbocycles. The predicted octanol–water partition coefficient (Wildman–Crippen LogP) is 2.06. The Morgan fingerprint density at radius 1 is 1.33 bits per heavy atom. The minimum atomic E-state index is -0.161. The van der Waals surface area contributed by atoms with Gasteiger partial charge in [-0.1, -0.05) is 18.2 Å². The van der Waals surface area contributed by atoms with Crippen molar-refractivity contribution in [2.24, 2.45) is 5.92 Å². The molecule has 0 spiro atoms. The maximum absolute atomic E-state index is 11.7. The molecule has 0 bridgehead atoms. The molecule has 2 atom stereocenters. The molecule has 1 aliphatic rings. The van der Waals surface area contributed by atoms with Gasteiger partial charge in [-0.25, -0.2) is 0 Å². The second-order valence-corrected chi connectivity index (χ2v) is 5.79. The van der Waals surface area contributed by atoms with Crippen molar-refractivity contribution in [3.63, 3.8) is 0 Å². The number of amides is 1. The highest BCUT2D eigenvalue weighted by molar-refractivity contribution is 8.00. The lowest BCUT2D eigenvalue weighted by Crippen LogP contribution is -2.30. The molecule has 1 fully saturated rings. The summed E-state index contributed by atoms with van der Waals surface area (Å²) in [5.41, 5.74) is 0. The predicted molar refractivity (Wildman–Crippen MR) is 73.5 cm³/mol. The van der Waals surface area contributed by atoms with E-state index in [1.54, 1.807) is 11.8 Å². The van der Waals surface area contributed by atoms with Gasteiger partial charge in [0, 0.05) is 11.4 Å². The maximum atomic E-state index is 11.7. The van der Waals surface area contributed by atoms with E-state index in [1.807, 2.05) is 30.3 Å². The van der Waals surface area contributed by atoms with Crippen LogP contribution < -0.4 is 5.32 Å². The molecule has 18 heavy (non-hydrogen) atoms. The molecule has 0 heterocycles. The molecule has 1 amide bonds. The van der Waals surface area contributed by atoms with Crippen LogP contribution in [0.3, 0.4) is 0 Å². The fraction of sp³-hybridized carbons (Fsp3) is 0.500. The van der Waals surface area contributed by atoms with Crippen molar-refractivity contribution < 1.29 is 9.90 Å². The van der Waals surface area contributed by atoms with E-state index in [0.717, 1.165) is 24.2 Å². The number of thioether (sulfide) groups is 1. The van der Waals surface area contributed by atoms with Gasteiger partial charge >= 0.3 is 0 Å². The Morgan fingerprint density at radius 2 is 2.11 bits per heavy atom. The Balaban J connectivity index is 1.63. The average molecular weight is 265 g/mol. The molecule has 3 nitrogen and oxygen atoms in total. The van der Waals surface area contributed by atoms with Crippen molar-refractivity contribution in [3.05, 3.63) is 30.3 Å². The van der Waals surface area contributed by atoms with Gasteiger partial charge in [0.05, 0.1) is 11.9 Å². The second kappa shape index (κ2) is 6.81. The smallest absolute Gasteiger partial charge is 0.230 e. The van der Waals surface area contributed by atoms with E-state index >= 15 is 0 Å². The van der Waals surface area contributed by atoms with Crippen molar-refractivity contribution in [2.45, 2.75) is 30.3 Å². The zero-order valence-electron chi connectivity index (χ0n) is 10.3. The van der Waals surface area contributed by atoms with E-state index in [4.69, 9.17) is 0 Å². The van der Waals surface area contributed by atoms with Crippen LogP contribution in [0.5, 0.6) is 0 Å². The highest BCUT2D eigenvalue weighted by Gasteiger charge is 2.22. The molecular formula is C14H19NO2S. The maximum Gasteiger partial charge on any atom is 0.230 e. The van der Waals surface area contributed by atoms with Gasteiger partial charge in [-0.05, 0) is 37.3 Å². The van der Waals surface area contributed by atoms with Crippen LogP contribution in [0, 0.1) is 5.92 Å². The van der Waals surface area contributed by atoms with Gasteiger partial charge < -0.3 is 10.4 Å². The monoisotopic (exact) mass is 265 g/mol. The van der Waals surface area contributed by atoms with E-state index in [-0.39, 0.29) is 12.0 Å². The van der Waals surface area contributed by atoms with Gasteiger partial charge in [-0.2, -0.15) is 0 Å². The number of hydrogen-bond donors (Lipinski definition) is 2. The topological polar surface area (TPSA) is 49.3 Å². The largest absolute Gasteiger partial charge is 0.393 e. The Hall–Kier alpha value is -1.00. The molecule has 0 aromatic heterocycles. The Kier molecular flexibility index (Phi) is 5.08. The lowest BCUT2D eigenvalue weighted by atomic mass is 10.1. The zero-order valence-corrected chi connectivity index (χ0v) is 11.2. The Labute approximate surface area is 112 Å². The van der Waals surface area contributed by atoms with Crippen LogP contribution in [-0.2, 0) is 4.79 Å². The molecule has 1 aromatic carbocycles. The SMILES string of the molecule is O=C(CSc1ccccc1)NCC1CCC(O)C1. The molecule has 1 aromatic rings. The number of aliphatic hydroxyl groups excluding tert-OH is 1. The number of carbonyl (C=O) groups is 1. The van der Waals surface area contributed by atoms with Crippen molar-refractivity contribution in [1.82, 2.24) is 5.32 Å². The summed E-state index contributed by atoms with van der Waals surface area (Å²) in [6.45, 7) is 0.700. The van der Waals surface area contributed by atoms with E-state index in [1.165, 1.54) is 0 Å². The lowest BCUT2D eigenvalue weighted by Gasteiger charge is -2.10. The number of rotatable bonds is 5. The van der Waals surface area contributed by atoms with Gasteiger partial charge in [0.15, 0.2) is 0 Å². The van der Waals surface area contributed by atoms with E-state index in [9.17, 15) is 9.90 Å². The summed E-state index contributed by atoms with van der Waals surface area (Å²) in [6, 6.07) is 9.92. The summed E-state index contributed by atoms with van der Waals surface area (Å²) in [6.07, 6.45) is 2.56. The van der Waals surface area contributed by atoms with Crippen LogP contribution in [0.2, 0.25) is 0 Å². The van der Waals surface area contributed by atoms with Crippen LogP contribution in [0.1, 0.15) is 19.3 Å². The normalized spacial score (nSPS) is 22.9. The van der Waals surface area contributed by atoms with Gasteiger partial charge in [-0.15, -0.1) is 11.8 Å². The molecule has 98 valence electrons. The van der Waals surface area contributed by atoms with Crippen LogP contribution >= 0.6 is 11.8 Å². The summed E-state index contributed by atoms with van der Waals surface area (Å²) in [5, 5.41) is 12.3. The van der Waals surface area contributed by atoms with Crippen LogP contribution in [0.4, 0.5) is 0 Å². The summed E-state index contributed by atoms with van der Waals surface area (Å²) in [4.78, 5) is 12.8. The number of benzene rings is 1. The fourth-order valence-corrected chi connectivity index (χ4v) is 2.96. The molecule has 0 radical (unpaired) electrons. The highest BCUT2D eigenvalue weighted by atomic mass is 32.2. The third-order valence-corrected chi connectivity index (χ3v) is 4.23. The lowest BCUT2D eigenvalue weighted by molar-refractivity contribution is -0.118. The van der Waals surface area contributed by atoms with Gasteiger partial charge in [0.1, 0.15) is 0 Å². The van der Waals surface area contributed by atoms with Crippen LogP contribution in [0.25, 0.3) is 0 Å². The first-order valence-electron chi connectivity index (χ1n) is 6.36. The number of nitrogens with one attached hydrogen (secondary N) is 1. The molecule has 2 rings (SSSR count). The molecule has 0 aliphatic heterocycles. The molecule has 2 unspecified atom stereocenters. The van der Waals surface area contributed by atoms with E-state index in [0.29, 0.717) is 18.2 Å². The molecule has 0 saturated heterocycles. The number of carbonyl (C=O) groups excluding carboxylic acids is 1. The van der Waals surface area contributed by atoms with Gasteiger partial charge in [-0.3, -0.25) is 4.79 Å². The molecular weight excluding hydrogens is 246 g/mol. The Bertz CT molecular complexity index is 383. The Morgan fingerprint density at radius 3 is 2.78 bits per heavy atom. The molecule has 4 heteroatoms. The average Bonchev–Trinajstić information content (AvgIpc) is 2.81. The van der Waals surface area contributed by atoms with Crippen molar-refractivity contribution in [3.8, 4) is 0 Å². The molecule has 2 N–H and O–H groups in total. The zero-order chi connectivity index (χ0) is 12.8. The third kappa shape index (κ3) is 4.35. The molecule has 1 aliphatic carbocycles. The standard InChI is InChI=1S/C14H19NO2S/c16-12-7-6-11(8-12)9-15-14(17)10-18-13-4-2-1-3-5-13/h1-5,11-12,16H,6-10H2,(H,15,17). The summed E-state index contributed by atoms with van der Waals surface area (Å²) in [7, 11) is 0. The van der Waals surface area contributed by atoms with Crippen LogP contribution in [-0.4, -0.2) is 29.4 Å². The quantitative estimate of drug-likeness (QED) is 0.801. The highest BCUT2D eigenvalue weighted by Crippen LogP contribution is 2.24. The first-order valence-corrected chi connectivity index (χ1v) is 7.35. The van der Waals surface area contributed by atoms with Crippen LogP contribution in [0.15, 0.2) is 35.2 Å². The van der Waals surface area contributed by atoms with Crippen molar-refractivity contribution >= 4 is 17.7 Å². The summed E-state index contributed by atoms with van der Waals surface area (Å²) < 4.78 is 0. The fourth-order valence-electron chi connectivity index (χ4n) is 2.21. The minimum absolute atomic E-state index is 0.0743. The first-order chi connectivity index (χ1) is 8.74. The van der Waals surface area contributed by atoms with E-state index < -0.39 is 0 Å². The second-order valence-electron chi connectivity index (χ2n) is 4.74. The van der Waals surface area contributed by atoms with Crippen molar-refractivity contribution in [2.75, 3.05) is 12.3 Å². The summed E-state index contributed by atoms with van der Waals surface area (Å²) in [5.74, 6) is 0.982. The van der Waals surface area contributed by atoms with E-state index in [2.05, 4.69) is 5.32 Å². The van der Waals surface area contributed by atoms with Gasteiger partial charge in [0.2, 0.25) is 5.91 Å². The number of aliphatic hydroxyl groups is 1.